The van der Waals surface area contributed by atoms with Crippen LogP contribution in [0.2, 0.25) is 0 Å². The van der Waals surface area contributed by atoms with Crippen LogP contribution in [0.4, 0.5) is 5.69 Å². The summed E-state index contributed by atoms with van der Waals surface area (Å²) >= 11 is 3.42. The summed E-state index contributed by atoms with van der Waals surface area (Å²) in [7, 11) is 0. The molecule has 0 radical (unpaired) electrons. The fourth-order valence-electron chi connectivity index (χ4n) is 3.74. The van der Waals surface area contributed by atoms with Gasteiger partial charge in [0, 0.05) is 28.7 Å². The van der Waals surface area contributed by atoms with Crippen molar-refractivity contribution in [2.45, 2.75) is 26.3 Å². The van der Waals surface area contributed by atoms with E-state index in [4.69, 9.17) is 4.98 Å². The van der Waals surface area contributed by atoms with Crippen molar-refractivity contribution in [3.63, 3.8) is 0 Å². The summed E-state index contributed by atoms with van der Waals surface area (Å²) in [5, 5.41) is 5.91. The van der Waals surface area contributed by atoms with Crippen molar-refractivity contribution < 1.29 is 9.59 Å². The molecular formula is C26H25BrN4O2. The summed E-state index contributed by atoms with van der Waals surface area (Å²) in [5.74, 6) is 0.622. The van der Waals surface area contributed by atoms with Gasteiger partial charge in [-0.3, -0.25) is 9.59 Å². The van der Waals surface area contributed by atoms with E-state index in [1.165, 1.54) is 0 Å². The molecule has 4 rings (SSSR count). The van der Waals surface area contributed by atoms with Crippen molar-refractivity contribution in [1.82, 2.24) is 14.9 Å². The van der Waals surface area contributed by atoms with Crippen molar-refractivity contribution in [2.24, 2.45) is 0 Å². The average Bonchev–Trinajstić information content (AvgIpc) is 3.13. The smallest absolute Gasteiger partial charge is 0.251 e. The third-order valence-corrected chi connectivity index (χ3v) is 5.78. The summed E-state index contributed by atoms with van der Waals surface area (Å²) in [6, 6.07) is 22.8. The van der Waals surface area contributed by atoms with Crippen LogP contribution in [0.25, 0.3) is 11.0 Å². The Balaban J connectivity index is 1.41. The number of carbonyl (C=O) groups excluding carboxylic acids is 2. The van der Waals surface area contributed by atoms with Crippen LogP contribution in [0.15, 0.2) is 77.3 Å². The first-order chi connectivity index (χ1) is 16.0. The zero-order valence-electron chi connectivity index (χ0n) is 18.3. The number of carbonyl (C=O) groups is 2. The van der Waals surface area contributed by atoms with Gasteiger partial charge in [0.15, 0.2) is 0 Å². The van der Waals surface area contributed by atoms with Crippen molar-refractivity contribution >= 4 is 44.5 Å². The molecule has 0 aliphatic heterocycles. The number of rotatable bonds is 8. The van der Waals surface area contributed by atoms with E-state index < -0.39 is 0 Å². The lowest BCUT2D eigenvalue weighted by Crippen LogP contribution is -2.25. The molecule has 0 aliphatic rings. The molecule has 3 aromatic carbocycles. The van der Waals surface area contributed by atoms with Gasteiger partial charge in [-0.05, 0) is 55.8 Å². The van der Waals surface area contributed by atoms with Crippen LogP contribution in [-0.4, -0.2) is 27.9 Å². The van der Waals surface area contributed by atoms with E-state index in [0.717, 1.165) is 32.6 Å². The Hall–Kier alpha value is -3.45. The van der Waals surface area contributed by atoms with Gasteiger partial charge in [0.2, 0.25) is 5.91 Å². The van der Waals surface area contributed by atoms with Crippen LogP contribution in [0.5, 0.6) is 0 Å². The number of aryl methyl sites for hydroxylation is 2. The Bertz CT molecular complexity index is 1300. The summed E-state index contributed by atoms with van der Waals surface area (Å²) in [4.78, 5) is 29.9. The number of imidazole rings is 1. The normalized spacial score (nSPS) is 10.8. The van der Waals surface area contributed by atoms with Gasteiger partial charge in [0.25, 0.3) is 5.91 Å². The van der Waals surface area contributed by atoms with Gasteiger partial charge < -0.3 is 15.2 Å². The van der Waals surface area contributed by atoms with Gasteiger partial charge in [0.1, 0.15) is 12.4 Å². The number of aromatic nitrogens is 2. The molecule has 4 aromatic rings. The molecule has 0 saturated carbocycles. The fraction of sp³-hybridized carbons (Fsp3) is 0.192. The Morgan fingerprint density at radius 2 is 1.82 bits per heavy atom. The van der Waals surface area contributed by atoms with Crippen molar-refractivity contribution in [3.05, 3.63) is 94.2 Å². The molecule has 0 bridgehead atoms. The maximum Gasteiger partial charge on any atom is 0.251 e. The highest BCUT2D eigenvalue weighted by Gasteiger charge is 2.14. The Kier molecular flexibility index (Phi) is 7.19. The van der Waals surface area contributed by atoms with Crippen LogP contribution < -0.4 is 10.6 Å². The van der Waals surface area contributed by atoms with Gasteiger partial charge in [-0.25, -0.2) is 4.98 Å². The molecule has 1 aromatic heterocycles. The molecule has 0 atom stereocenters. The molecule has 2 amide bonds. The van der Waals surface area contributed by atoms with Crippen LogP contribution in [0, 0.1) is 6.92 Å². The van der Waals surface area contributed by atoms with Gasteiger partial charge >= 0.3 is 0 Å². The number of para-hydroxylation sites is 2. The van der Waals surface area contributed by atoms with Gasteiger partial charge in [-0.1, -0.05) is 51.8 Å². The second-order valence-corrected chi connectivity index (χ2v) is 8.81. The molecule has 168 valence electrons. The summed E-state index contributed by atoms with van der Waals surface area (Å²) in [6.45, 7) is 2.66. The minimum atomic E-state index is -0.120. The van der Waals surface area contributed by atoms with E-state index in [9.17, 15) is 9.59 Å². The first kappa shape index (κ1) is 22.7. The maximum atomic E-state index is 12.8. The van der Waals surface area contributed by atoms with Crippen LogP contribution in [0.3, 0.4) is 0 Å². The van der Waals surface area contributed by atoms with Crippen LogP contribution >= 0.6 is 15.9 Å². The highest BCUT2D eigenvalue weighted by atomic mass is 79.9. The molecule has 1 heterocycles. The van der Waals surface area contributed by atoms with Crippen LogP contribution in [0.1, 0.15) is 28.2 Å². The number of hydrogen-bond donors (Lipinski definition) is 2. The molecule has 0 spiro atoms. The molecule has 0 saturated heterocycles. The van der Waals surface area contributed by atoms with E-state index in [1.807, 2.05) is 84.3 Å². The largest absolute Gasteiger partial charge is 0.352 e. The number of hydrogen-bond acceptors (Lipinski definition) is 3. The second-order valence-electron chi connectivity index (χ2n) is 7.89. The summed E-state index contributed by atoms with van der Waals surface area (Å²) in [6.07, 6.45) is 1.36. The number of anilines is 1. The Morgan fingerprint density at radius 3 is 2.64 bits per heavy atom. The molecule has 6 nitrogen and oxygen atoms in total. The lowest BCUT2D eigenvalue weighted by Gasteiger charge is -2.11. The molecule has 0 unspecified atom stereocenters. The minimum Gasteiger partial charge on any atom is -0.352 e. The zero-order valence-corrected chi connectivity index (χ0v) is 19.9. The van der Waals surface area contributed by atoms with Crippen molar-refractivity contribution in [1.29, 1.82) is 0 Å². The first-order valence-corrected chi connectivity index (χ1v) is 11.6. The third kappa shape index (κ3) is 5.87. The number of benzene rings is 3. The fourth-order valence-corrected chi connectivity index (χ4v) is 4.14. The van der Waals surface area contributed by atoms with E-state index >= 15 is 0 Å². The highest BCUT2D eigenvalue weighted by molar-refractivity contribution is 9.10. The lowest BCUT2D eigenvalue weighted by molar-refractivity contribution is -0.116. The van der Waals surface area contributed by atoms with Crippen molar-refractivity contribution in [3.8, 4) is 0 Å². The Labute approximate surface area is 201 Å². The summed E-state index contributed by atoms with van der Waals surface area (Å²) in [5.41, 5.74) is 4.22. The molecule has 0 fully saturated rings. The van der Waals surface area contributed by atoms with E-state index in [1.54, 1.807) is 0 Å². The molecule has 33 heavy (non-hydrogen) atoms. The SMILES string of the molecule is Cc1cccc(C(=O)NCCCc2nc3ccccc3n2CC(=O)Nc2cccc(Br)c2)c1. The number of fused-ring (bicyclic) bond motifs is 1. The third-order valence-electron chi connectivity index (χ3n) is 5.29. The average molecular weight is 505 g/mol. The number of amides is 2. The summed E-state index contributed by atoms with van der Waals surface area (Å²) < 4.78 is 2.85. The van der Waals surface area contributed by atoms with E-state index in [2.05, 4.69) is 26.6 Å². The first-order valence-electron chi connectivity index (χ1n) is 10.8. The second kappa shape index (κ2) is 10.4. The van der Waals surface area contributed by atoms with Gasteiger partial charge in [0.05, 0.1) is 11.0 Å². The standard InChI is InChI=1S/C26H25BrN4O2/c1-18-7-4-8-19(15-18)26(33)28-14-6-13-24-30-22-11-2-3-12-23(22)31(24)17-25(32)29-21-10-5-9-20(27)16-21/h2-5,7-12,15-16H,6,13-14,17H2,1H3,(H,28,33)(H,29,32). The van der Waals surface area contributed by atoms with E-state index in [0.29, 0.717) is 24.9 Å². The molecule has 0 aliphatic carbocycles. The quantitative estimate of drug-likeness (QED) is 0.327. The Morgan fingerprint density at radius 1 is 1.00 bits per heavy atom. The number of nitrogens with one attached hydrogen (secondary N) is 2. The van der Waals surface area contributed by atoms with Gasteiger partial charge in [-0.2, -0.15) is 0 Å². The van der Waals surface area contributed by atoms with E-state index in [-0.39, 0.29) is 18.4 Å². The topological polar surface area (TPSA) is 76.0 Å². The molecule has 7 heteroatoms. The predicted molar refractivity (Wildman–Crippen MR) is 134 cm³/mol. The van der Waals surface area contributed by atoms with Gasteiger partial charge in [-0.15, -0.1) is 0 Å². The minimum absolute atomic E-state index is 0.0828. The number of nitrogens with zero attached hydrogens (tertiary/aromatic N) is 2. The van der Waals surface area contributed by atoms with Crippen molar-refractivity contribution in [2.75, 3.05) is 11.9 Å². The predicted octanol–water partition coefficient (Wildman–Crippen LogP) is 5.11. The highest BCUT2D eigenvalue weighted by Crippen LogP contribution is 2.19. The monoisotopic (exact) mass is 504 g/mol. The van der Waals surface area contributed by atoms with Crippen LogP contribution in [-0.2, 0) is 17.8 Å². The number of halogens is 1. The lowest BCUT2D eigenvalue weighted by atomic mass is 10.1. The molecular weight excluding hydrogens is 480 g/mol. The molecule has 2 N–H and O–H groups in total. The zero-order chi connectivity index (χ0) is 23.2. The maximum absolute atomic E-state index is 12.8.